The van der Waals surface area contributed by atoms with Crippen molar-refractivity contribution in [2.75, 3.05) is 0 Å². The van der Waals surface area contributed by atoms with Gasteiger partial charge in [0.25, 0.3) is 0 Å². The van der Waals surface area contributed by atoms with Crippen LogP contribution in [0.15, 0.2) is 47.8 Å². The Hall–Kier alpha value is -2.47. The van der Waals surface area contributed by atoms with E-state index in [9.17, 15) is 14.4 Å². The van der Waals surface area contributed by atoms with Crippen LogP contribution < -0.4 is 0 Å². The average Bonchev–Trinajstić information content (AvgIpc) is 3.15. The molecule has 0 fully saturated rings. The van der Waals surface area contributed by atoms with Crippen LogP contribution in [-0.2, 0) is 19.1 Å². The fourth-order valence-corrected chi connectivity index (χ4v) is 3.58. The summed E-state index contributed by atoms with van der Waals surface area (Å²) in [4.78, 5) is 39.0. The molecule has 0 aliphatic carbocycles. The zero-order valence-corrected chi connectivity index (χ0v) is 17.4. The molecule has 2 aromatic rings. The first-order valence-corrected chi connectivity index (χ1v) is 10.2. The first-order valence-electron chi connectivity index (χ1n) is 9.32. The fraction of sp³-hybridized carbons (Fsp3) is 0.409. The average molecular weight is 403 g/mol. The number of benzene rings is 1. The highest BCUT2D eigenvalue weighted by Crippen LogP contribution is 2.33. The third kappa shape index (κ3) is 6.02. The Bertz CT molecular complexity index is 759. The zero-order valence-electron chi connectivity index (χ0n) is 16.6. The molecule has 0 saturated carbocycles. The van der Waals surface area contributed by atoms with Crippen molar-refractivity contribution in [3.63, 3.8) is 0 Å². The van der Waals surface area contributed by atoms with Crippen molar-refractivity contribution in [1.82, 2.24) is 0 Å². The van der Waals surface area contributed by atoms with Gasteiger partial charge in [0.2, 0.25) is 0 Å². The highest BCUT2D eigenvalue weighted by molar-refractivity contribution is 7.12. The molecule has 5 nitrogen and oxygen atoms in total. The van der Waals surface area contributed by atoms with Gasteiger partial charge in [-0.25, -0.2) is 0 Å². The molecule has 0 aliphatic heterocycles. The molecule has 0 radical (unpaired) electrons. The molecule has 0 spiro atoms. The highest BCUT2D eigenvalue weighted by Gasteiger charge is 2.40. The van der Waals surface area contributed by atoms with E-state index in [4.69, 9.17) is 9.47 Å². The lowest BCUT2D eigenvalue weighted by molar-refractivity contribution is -0.167. The van der Waals surface area contributed by atoms with Crippen molar-refractivity contribution in [3.8, 4) is 0 Å². The van der Waals surface area contributed by atoms with Gasteiger partial charge in [-0.1, -0.05) is 36.4 Å². The van der Waals surface area contributed by atoms with Crippen molar-refractivity contribution in [2.45, 2.75) is 52.2 Å². The zero-order chi connectivity index (χ0) is 20.7. The molecule has 0 bridgehead atoms. The SMILES string of the molecule is CC(C)OC(=O)C(C(=O)OC(C)C)[C@H](CC(=O)c1cccs1)c1ccccc1. The molecule has 28 heavy (non-hydrogen) atoms. The van der Waals surface area contributed by atoms with Crippen LogP contribution in [-0.4, -0.2) is 29.9 Å². The first-order chi connectivity index (χ1) is 13.3. The summed E-state index contributed by atoms with van der Waals surface area (Å²) >= 11 is 1.34. The largest absolute Gasteiger partial charge is 0.462 e. The number of hydrogen-bond acceptors (Lipinski definition) is 6. The standard InChI is InChI=1S/C22H26O5S/c1-14(2)26-21(24)20(22(25)27-15(3)4)17(16-9-6-5-7-10-16)13-18(23)19-11-8-12-28-19/h5-12,14-15,17,20H,13H2,1-4H3/t17-/m1/s1. The molecule has 6 heteroatoms. The van der Waals surface area contributed by atoms with Crippen LogP contribution in [0.5, 0.6) is 0 Å². The maximum atomic E-state index is 12.8. The molecule has 0 N–H and O–H groups in total. The summed E-state index contributed by atoms with van der Waals surface area (Å²) in [5.74, 6) is -3.35. The minimum atomic E-state index is -1.21. The molecule has 1 atom stereocenters. The number of hydrogen-bond donors (Lipinski definition) is 0. The van der Waals surface area contributed by atoms with Crippen LogP contribution in [0.2, 0.25) is 0 Å². The van der Waals surface area contributed by atoms with Crippen LogP contribution in [0.25, 0.3) is 0 Å². The smallest absolute Gasteiger partial charge is 0.321 e. The Morgan fingerprint density at radius 2 is 1.43 bits per heavy atom. The van der Waals surface area contributed by atoms with E-state index in [0.29, 0.717) is 4.88 Å². The third-order valence-corrected chi connectivity index (χ3v) is 4.95. The molecule has 0 amide bonds. The second kappa shape index (κ2) is 10.2. The van der Waals surface area contributed by atoms with Crippen molar-refractivity contribution >= 4 is 29.1 Å². The lowest BCUT2D eigenvalue weighted by Gasteiger charge is -2.26. The predicted molar refractivity (Wildman–Crippen MR) is 108 cm³/mol. The van der Waals surface area contributed by atoms with E-state index in [1.807, 2.05) is 35.7 Å². The van der Waals surface area contributed by atoms with Crippen molar-refractivity contribution in [3.05, 3.63) is 58.3 Å². The number of Topliss-reactive ketones (excluding diaryl/α,β-unsaturated/α-hetero) is 1. The van der Waals surface area contributed by atoms with Gasteiger partial charge in [-0.05, 0) is 44.7 Å². The number of carbonyl (C=O) groups is 3. The van der Waals surface area contributed by atoms with E-state index in [0.717, 1.165) is 5.56 Å². The molecule has 150 valence electrons. The van der Waals surface area contributed by atoms with Crippen LogP contribution in [0.1, 0.15) is 55.3 Å². The lowest BCUT2D eigenvalue weighted by atomic mass is 9.82. The summed E-state index contributed by atoms with van der Waals surface area (Å²) in [6.07, 6.45) is -0.757. The fourth-order valence-electron chi connectivity index (χ4n) is 2.90. The minimum absolute atomic E-state index is 0.00951. The number of ether oxygens (including phenoxy) is 2. The van der Waals surface area contributed by atoms with Crippen LogP contribution in [0.3, 0.4) is 0 Å². The summed E-state index contributed by atoms with van der Waals surface area (Å²) < 4.78 is 10.7. The monoisotopic (exact) mass is 402 g/mol. The summed E-state index contributed by atoms with van der Waals surface area (Å²) in [6, 6.07) is 12.6. The van der Waals surface area contributed by atoms with Gasteiger partial charge in [-0.15, -0.1) is 11.3 Å². The Morgan fingerprint density at radius 1 is 0.857 bits per heavy atom. The molecule has 1 heterocycles. The van der Waals surface area contributed by atoms with Crippen LogP contribution in [0, 0.1) is 5.92 Å². The topological polar surface area (TPSA) is 69.7 Å². The van der Waals surface area contributed by atoms with Gasteiger partial charge in [0.1, 0.15) is 0 Å². The number of carbonyl (C=O) groups excluding carboxylic acids is 3. The van der Waals surface area contributed by atoms with E-state index in [2.05, 4.69) is 0 Å². The van der Waals surface area contributed by atoms with Crippen LogP contribution in [0.4, 0.5) is 0 Å². The first kappa shape index (κ1) is 21.8. The van der Waals surface area contributed by atoms with Gasteiger partial charge in [-0.2, -0.15) is 0 Å². The van der Waals surface area contributed by atoms with E-state index < -0.39 is 23.8 Å². The lowest BCUT2D eigenvalue weighted by Crippen LogP contribution is -2.36. The molecule has 0 unspecified atom stereocenters. The number of ketones is 1. The van der Waals surface area contributed by atoms with Crippen molar-refractivity contribution in [1.29, 1.82) is 0 Å². The van der Waals surface area contributed by atoms with E-state index >= 15 is 0 Å². The van der Waals surface area contributed by atoms with Gasteiger partial charge in [0.05, 0.1) is 17.1 Å². The normalized spacial score (nSPS) is 12.2. The quantitative estimate of drug-likeness (QED) is 0.348. The van der Waals surface area contributed by atoms with E-state index in [1.165, 1.54) is 11.3 Å². The second-order valence-corrected chi connectivity index (χ2v) is 8.02. The molecule has 1 aromatic heterocycles. The van der Waals surface area contributed by atoms with Crippen molar-refractivity contribution in [2.24, 2.45) is 5.92 Å². The Labute approximate surface area is 169 Å². The Balaban J connectivity index is 2.42. The molecular weight excluding hydrogens is 376 g/mol. The summed E-state index contributed by atoms with van der Waals surface area (Å²) in [6.45, 7) is 6.88. The number of esters is 2. The Kier molecular flexibility index (Phi) is 7.93. The third-order valence-electron chi connectivity index (χ3n) is 4.04. The highest BCUT2D eigenvalue weighted by atomic mass is 32.1. The molecular formula is C22H26O5S. The summed E-state index contributed by atoms with van der Waals surface area (Å²) in [5.41, 5.74) is 0.721. The maximum absolute atomic E-state index is 12.8. The van der Waals surface area contributed by atoms with Gasteiger partial charge >= 0.3 is 11.9 Å². The molecule has 0 aliphatic rings. The van der Waals surface area contributed by atoms with Crippen molar-refractivity contribution < 1.29 is 23.9 Å². The van der Waals surface area contributed by atoms with E-state index in [-0.39, 0.29) is 24.4 Å². The maximum Gasteiger partial charge on any atom is 0.321 e. The van der Waals surface area contributed by atoms with Crippen LogP contribution >= 0.6 is 11.3 Å². The van der Waals surface area contributed by atoms with Gasteiger partial charge in [-0.3, -0.25) is 14.4 Å². The van der Waals surface area contributed by atoms with Gasteiger partial charge in [0, 0.05) is 12.3 Å². The number of thiophene rings is 1. The summed E-state index contributed by atoms with van der Waals surface area (Å²) in [5, 5.41) is 1.82. The number of rotatable bonds is 9. The molecule has 1 aromatic carbocycles. The minimum Gasteiger partial charge on any atom is -0.462 e. The Morgan fingerprint density at radius 3 is 1.89 bits per heavy atom. The predicted octanol–water partition coefficient (Wildman–Crippen LogP) is 4.62. The van der Waals surface area contributed by atoms with Gasteiger partial charge < -0.3 is 9.47 Å². The summed E-state index contributed by atoms with van der Waals surface area (Å²) in [7, 11) is 0. The second-order valence-electron chi connectivity index (χ2n) is 7.07. The van der Waals surface area contributed by atoms with Gasteiger partial charge in [0.15, 0.2) is 11.7 Å². The molecule has 0 saturated heterocycles. The molecule has 2 rings (SSSR count). The van der Waals surface area contributed by atoms with E-state index in [1.54, 1.807) is 39.8 Å².